The largest absolute Gasteiger partial charge is 0.393 e. The SMILES string of the molecule is CCCCC(C)(O)CC[C@@H](O)[C@](C)(O)[C@H]1CC[C@H]2[C@@H]3CC=C4C[C@@H](O)CC[C@]4(C)[C@H]3CC[C@]12C. The molecule has 0 aromatic rings. The topological polar surface area (TPSA) is 80.9 Å². The number of hydrogen-bond donors (Lipinski definition) is 4. The van der Waals surface area contributed by atoms with Crippen molar-refractivity contribution in [3.8, 4) is 0 Å². The third kappa shape index (κ3) is 4.55. The lowest BCUT2D eigenvalue weighted by Gasteiger charge is -2.59. The molecule has 1 unspecified atom stereocenters. The van der Waals surface area contributed by atoms with E-state index in [-0.39, 0.29) is 22.9 Å². The first kappa shape index (κ1) is 26.6. The summed E-state index contributed by atoms with van der Waals surface area (Å²) in [6.07, 6.45) is 13.7. The molecule has 0 aromatic carbocycles. The first-order valence-electron chi connectivity index (χ1n) is 14.4. The maximum Gasteiger partial charge on any atom is 0.0910 e. The summed E-state index contributed by atoms with van der Waals surface area (Å²) in [5, 5.41) is 43.9. The minimum atomic E-state index is -1.13. The first-order valence-corrected chi connectivity index (χ1v) is 14.4. The van der Waals surface area contributed by atoms with Crippen LogP contribution < -0.4 is 0 Å². The Kier molecular flexibility index (Phi) is 7.42. The standard InChI is InChI=1S/C30H52O4/c1-6-7-15-27(2,33)16-14-26(32)30(5,34)25-11-10-23-22-9-8-20-19-21(31)12-17-28(20,3)24(22)13-18-29(23,25)4/h8,21-26,31-34H,6-7,9-19H2,1-5H3/t21-,22-,23-,24-,25-,26+,27?,28-,29-,30+/m0/s1. The van der Waals surface area contributed by atoms with Crippen LogP contribution in [0, 0.1) is 34.5 Å². The number of aliphatic hydroxyl groups excluding tert-OH is 2. The van der Waals surface area contributed by atoms with E-state index in [1.165, 1.54) is 12.0 Å². The lowest BCUT2D eigenvalue weighted by atomic mass is 9.46. The van der Waals surface area contributed by atoms with E-state index in [1.807, 2.05) is 13.8 Å². The highest BCUT2D eigenvalue weighted by Gasteiger charge is 2.62. The molecule has 10 atom stereocenters. The maximum atomic E-state index is 11.8. The van der Waals surface area contributed by atoms with Gasteiger partial charge in [0.25, 0.3) is 0 Å². The fourth-order valence-corrected chi connectivity index (χ4v) is 9.26. The Hall–Kier alpha value is -0.420. The second-order valence-corrected chi connectivity index (χ2v) is 13.7. The van der Waals surface area contributed by atoms with E-state index >= 15 is 0 Å². The fourth-order valence-electron chi connectivity index (χ4n) is 9.26. The monoisotopic (exact) mass is 476 g/mol. The Balaban J connectivity index is 1.48. The normalized spacial score (nSPS) is 44.1. The third-order valence-electron chi connectivity index (χ3n) is 11.5. The molecule has 0 aromatic heterocycles. The highest BCUT2D eigenvalue weighted by Crippen LogP contribution is 2.67. The number of rotatable bonds is 8. The number of hydrogen-bond acceptors (Lipinski definition) is 4. The van der Waals surface area contributed by atoms with Crippen LogP contribution in [-0.2, 0) is 0 Å². The highest BCUT2D eigenvalue weighted by atomic mass is 16.3. The van der Waals surface area contributed by atoms with Crippen molar-refractivity contribution in [1.29, 1.82) is 0 Å². The summed E-state index contributed by atoms with van der Waals surface area (Å²) in [4.78, 5) is 0. The number of fused-ring (bicyclic) bond motifs is 5. The van der Waals surface area contributed by atoms with Crippen LogP contribution in [0.2, 0.25) is 0 Å². The fraction of sp³-hybridized carbons (Fsp3) is 0.933. The molecule has 196 valence electrons. The van der Waals surface area contributed by atoms with E-state index in [0.29, 0.717) is 30.6 Å². The minimum Gasteiger partial charge on any atom is -0.393 e. The second-order valence-electron chi connectivity index (χ2n) is 13.7. The molecule has 4 aliphatic rings. The lowest BCUT2D eigenvalue weighted by Crippen LogP contribution is -2.56. The molecule has 3 saturated carbocycles. The van der Waals surface area contributed by atoms with Crippen molar-refractivity contribution in [2.45, 2.75) is 141 Å². The van der Waals surface area contributed by atoms with E-state index in [0.717, 1.165) is 64.2 Å². The van der Waals surface area contributed by atoms with Gasteiger partial charge in [0, 0.05) is 0 Å². The Labute approximate surface area is 208 Å². The zero-order valence-electron chi connectivity index (χ0n) is 22.5. The predicted octanol–water partition coefficient (Wildman–Crippen LogP) is 5.76. The van der Waals surface area contributed by atoms with Crippen LogP contribution in [0.25, 0.3) is 0 Å². The summed E-state index contributed by atoms with van der Waals surface area (Å²) < 4.78 is 0. The van der Waals surface area contributed by atoms with Gasteiger partial charge >= 0.3 is 0 Å². The number of unbranched alkanes of at least 4 members (excludes halogenated alkanes) is 1. The predicted molar refractivity (Wildman–Crippen MR) is 137 cm³/mol. The molecule has 4 rings (SSSR count). The summed E-state index contributed by atoms with van der Waals surface area (Å²) in [6, 6.07) is 0. The van der Waals surface area contributed by atoms with Crippen LogP contribution in [0.3, 0.4) is 0 Å². The second kappa shape index (κ2) is 9.47. The van der Waals surface area contributed by atoms with Gasteiger partial charge in [-0.25, -0.2) is 0 Å². The molecule has 0 amide bonds. The van der Waals surface area contributed by atoms with Crippen LogP contribution in [0.5, 0.6) is 0 Å². The summed E-state index contributed by atoms with van der Waals surface area (Å²) >= 11 is 0. The van der Waals surface area contributed by atoms with Crippen molar-refractivity contribution < 1.29 is 20.4 Å². The minimum absolute atomic E-state index is 0.0479. The smallest absolute Gasteiger partial charge is 0.0910 e. The molecule has 3 fully saturated rings. The maximum absolute atomic E-state index is 11.8. The molecule has 0 heterocycles. The zero-order valence-corrected chi connectivity index (χ0v) is 22.5. The average Bonchev–Trinajstić information content (AvgIpc) is 3.14. The quantitative estimate of drug-likeness (QED) is 0.336. The number of allylic oxidation sites excluding steroid dienone is 1. The summed E-state index contributed by atoms with van der Waals surface area (Å²) in [7, 11) is 0. The van der Waals surface area contributed by atoms with Gasteiger partial charge in [-0.3, -0.25) is 0 Å². The molecule has 0 radical (unpaired) electrons. The third-order valence-corrected chi connectivity index (χ3v) is 11.5. The van der Waals surface area contributed by atoms with Gasteiger partial charge in [-0.1, -0.05) is 45.3 Å². The number of aliphatic hydroxyl groups is 4. The highest BCUT2D eigenvalue weighted by molar-refractivity contribution is 5.25. The zero-order chi connectivity index (χ0) is 24.9. The lowest BCUT2D eigenvalue weighted by molar-refractivity contribution is -0.154. The Morgan fingerprint density at radius 1 is 1.03 bits per heavy atom. The molecule has 4 N–H and O–H groups in total. The van der Waals surface area contributed by atoms with Crippen molar-refractivity contribution in [3.05, 3.63) is 11.6 Å². The summed E-state index contributed by atoms with van der Waals surface area (Å²) in [5.41, 5.74) is -0.128. The Morgan fingerprint density at radius 2 is 1.76 bits per heavy atom. The van der Waals surface area contributed by atoms with Gasteiger partial charge in [-0.15, -0.1) is 0 Å². The van der Waals surface area contributed by atoms with Gasteiger partial charge in [0.2, 0.25) is 0 Å². The van der Waals surface area contributed by atoms with Crippen molar-refractivity contribution >= 4 is 0 Å². The van der Waals surface area contributed by atoms with E-state index < -0.39 is 17.3 Å². The van der Waals surface area contributed by atoms with Crippen molar-refractivity contribution in [1.82, 2.24) is 0 Å². The van der Waals surface area contributed by atoms with E-state index in [2.05, 4.69) is 26.8 Å². The molecule has 4 aliphatic carbocycles. The Morgan fingerprint density at radius 3 is 2.47 bits per heavy atom. The van der Waals surface area contributed by atoms with Crippen molar-refractivity contribution in [2.24, 2.45) is 34.5 Å². The molecular weight excluding hydrogens is 424 g/mol. The van der Waals surface area contributed by atoms with Gasteiger partial charge in [-0.2, -0.15) is 0 Å². The van der Waals surface area contributed by atoms with E-state index in [4.69, 9.17) is 0 Å². The molecular formula is C30H52O4. The van der Waals surface area contributed by atoms with Crippen LogP contribution in [0.4, 0.5) is 0 Å². The average molecular weight is 477 g/mol. The van der Waals surface area contributed by atoms with E-state index in [1.54, 1.807) is 0 Å². The van der Waals surface area contributed by atoms with Crippen LogP contribution >= 0.6 is 0 Å². The van der Waals surface area contributed by atoms with Crippen molar-refractivity contribution in [3.63, 3.8) is 0 Å². The van der Waals surface area contributed by atoms with Gasteiger partial charge in [-0.05, 0) is 119 Å². The summed E-state index contributed by atoms with van der Waals surface area (Å²) in [6.45, 7) is 10.7. The van der Waals surface area contributed by atoms with Crippen molar-refractivity contribution in [2.75, 3.05) is 0 Å². The first-order chi connectivity index (χ1) is 15.8. The van der Waals surface area contributed by atoms with Crippen LogP contribution in [0.15, 0.2) is 11.6 Å². The molecule has 0 spiro atoms. The van der Waals surface area contributed by atoms with Gasteiger partial charge in [0.15, 0.2) is 0 Å². The molecule has 4 nitrogen and oxygen atoms in total. The summed E-state index contributed by atoms with van der Waals surface area (Å²) in [5.74, 6) is 2.01. The van der Waals surface area contributed by atoms with Gasteiger partial charge in [0.05, 0.1) is 23.4 Å². The van der Waals surface area contributed by atoms with Gasteiger partial charge in [0.1, 0.15) is 0 Å². The van der Waals surface area contributed by atoms with E-state index in [9.17, 15) is 20.4 Å². The molecule has 34 heavy (non-hydrogen) atoms. The van der Waals surface area contributed by atoms with Crippen LogP contribution in [0.1, 0.15) is 118 Å². The molecule has 4 heteroatoms. The molecule has 0 saturated heterocycles. The van der Waals surface area contributed by atoms with Gasteiger partial charge < -0.3 is 20.4 Å². The Bertz CT molecular complexity index is 757. The molecule has 0 aliphatic heterocycles. The molecule has 0 bridgehead atoms. The van der Waals surface area contributed by atoms with Crippen LogP contribution in [-0.4, -0.2) is 43.8 Å².